The summed E-state index contributed by atoms with van der Waals surface area (Å²) in [6, 6.07) is 14.6. The first-order chi connectivity index (χ1) is 13.6. The van der Waals surface area contributed by atoms with Gasteiger partial charge in [0, 0.05) is 28.8 Å². The normalized spacial score (nSPS) is 23.3. The van der Waals surface area contributed by atoms with E-state index in [1.165, 1.54) is 11.1 Å². The average Bonchev–Trinajstić information content (AvgIpc) is 3.23. The van der Waals surface area contributed by atoms with E-state index in [1.807, 2.05) is 31.2 Å². The number of carbonyl (C=O) groups excluding carboxylic acids is 1. The summed E-state index contributed by atoms with van der Waals surface area (Å²) in [5, 5.41) is 6.79. The van der Waals surface area contributed by atoms with E-state index in [-0.39, 0.29) is 18.0 Å². The molecule has 4 heteroatoms. The molecular weight excluding hydrogens is 348 g/mol. The van der Waals surface area contributed by atoms with E-state index in [0.717, 1.165) is 29.8 Å². The van der Waals surface area contributed by atoms with Crippen LogP contribution in [0, 0.1) is 5.92 Å². The van der Waals surface area contributed by atoms with Crippen LogP contribution >= 0.6 is 0 Å². The van der Waals surface area contributed by atoms with Crippen molar-refractivity contribution in [3.63, 3.8) is 0 Å². The van der Waals surface area contributed by atoms with Gasteiger partial charge in [-0.3, -0.25) is 4.79 Å². The molecule has 4 nitrogen and oxygen atoms in total. The molecule has 0 bridgehead atoms. The van der Waals surface area contributed by atoms with Gasteiger partial charge < -0.3 is 15.4 Å². The quantitative estimate of drug-likeness (QED) is 0.718. The van der Waals surface area contributed by atoms with Crippen molar-refractivity contribution in [2.75, 3.05) is 12.4 Å². The lowest BCUT2D eigenvalue weighted by atomic mass is 9.76. The number of para-hydroxylation sites is 1. The first-order valence-corrected chi connectivity index (χ1v) is 10.1. The van der Waals surface area contributed by atoms with Crippen molar-refractivity contribution in [2.24, 2.45) is 5.92 Å². The molecule has 28 heavy (non-hydrogen) atoms. The number of ether oxygens (including phenoxy) is 1. The zero-order chi connectivity index (χ0) is 19.7. The highest BCUT2D eigenvalue weighted by Gasteiger charge is 2.39. The molecule has 0 saturated heterocycles. The number of carbonyl (C=O) groups is 1. The van der Waals surface area contributed by atoms with E-state index in [1.54, 1.807) is 7.11 Å². The zero-order valence-corrected chi connectivity index (χ0v) is 16.7. The number of anilines is 1. The first-order valence-electron chi connectivity index (χ1n) is 10.1. The van der Waals surface area contributed by atoms with Crippen LogP contribution in [0.15, 0.2) is 54.6 Å². The van der Waals surface area contributed by atoms with Crippen molar-refractivity contribution >= 4 is 11.6 Å². The lowest BCUT2D eigenvalue weighted by Gasteiger charge is -2.38. The van der Waals surface area contributed by atoms with E-state index in [9.17, 15) is 4.79 Å². The van der Waals surface area contributed by atoms with Gasteiger partial charge >= 0.3 is 0 Å². The number of nitrogens with one attached hydrogen (secondary N) is 2. The highest BCUT2D eigenvalue weighted by atomic mass is 16.5. The number of benzene rings is 2. The van der Waals surface area contributed by atoms with Gasteiger partial charge in [0.05, 0.1) is 13.2 Å². The lowest BCUT2D eigenvalue weighted by molar-refractivity contribution is 0.0939. The molecule has 146 valence electrons. The van der Waals surface area contributed by atoms with Gasteiger partial charge in [0.25, 0.3) is 5.91 Å². The van der Waals surface area contributed by atoms with E-state index >= 15 is 0 Å². The number of amides is 1. The van der Waals surface area contributed by atoms with Crippen molar-refractivity contribution < 1.29 is 9.53 Å². The SMILES string of the molecule is CCC(C)NC(=O)c1ccc2c(c1)C1C=CCC1C(c1ccccc1OC)N2. The maximum absolute atomic E-state index is 12.6. The smallest absolute Gasteiger partial charge is 0.251 e. The molecule has 4 unspecified atom stereocenters. The van der Waals surface area contributed by atoms with Crippen molar-refractivity contribution in [3.8, 4) is 5.75 Å². The molecule has 2 N–H and O–H groups in total. The van der Waals surface area contributed by atoms with Crippen molar-refractivity contribution in [1.82, 2.24) is 5.32 Å². The Morgan fingerprint density at radius 2 is 2.07 bits per heavy atom. The first kappa shape index (κ1) is 18.6. The fraction of sp³-hybridized carbons (Fsp3) is 0.375. The second kappa shape index (κ2) is 7.70. The van der Waals surface area contributed by atoms with Crippen LogP contribution in [0.1, 0.15) is 60.1 Å². The third-order valence-electron chi connectivity index (χ3n) is 6.09. The summed E-state index contributed by atoms with van der Waals surface area (Å²) in [6.07, 6.45) is 6.50. The second-order valence-electron chi connectivity index (χ2n) is 7.80. The summed E-state index contributed by atoms with van der Waals surface area (Å²) in [5.41, 5.74) is 4.23. The standard InChI is InChI=1S/C24H28N2O2/c1-4-15(2)25-24(27)16-12-13-21-20(14-16)17-9-7-10-18(17)23(26-21)19-8-5-6-11-22(19)28-3/h5-9,11-15,17-18,23,26H,4,10H2,1-3H3,(H,25,27). The minimum Gasteiger partial charge on any atom is -0.496 e. The molecule has 0 aromatic heterocycles. The number of rotatable bonds is 5. The number of fused-ring (bicyclic) bond motifs is 3. The van der Waals surface area contributed by atoms with Gasteiger partial charge in [-0.15, -0.1) is 0 Å². The third kappa shape index (κ3) is 3.28. The van der Waals surface area contributed by atoms with Crippen LogP contribution in [0.4, 0.5) is 5.69 Å². The van der Waals surface area contributed by atoms with Gasteiger partial charge in [-0.1, -0.05) is 37.3 Å². The van der Waals surface area contributed by atoms with E-state index < -0.39 is 0 Å². The van der Waals surface area contributed by atoms with Crippen LogP contribution < -0.4 is 15.4 Å². The van der Waals surface area contributed by atoms with E-state index in [0.29, 0.717) is 11.8 Å². The van der Waals surface area contributed by atoms with Gasteiger partial charge in [-0.05, 0) is 55.5 Å². The maximum atomic E-state index is 12.6. The van der Waals surface area contributed by atoms with E-state index in [4.69, 9.17) is 4.74 Å². The zero-order valence-electron chi connectivity index (χ0n) is 16.7. The fourth-order valence-corrected chi connectivity index (χ4v) is 4.38. The summed E-state index contributed by atoms with van der Waals surface area (Å²) in [4.78, 5) is 12.6. The Hall–Kier alpha value is -2.75. The van der Waals surface area contributed by atoms with Crippen LogP contribution in [0.25, 0.3) is 0 Å². The van der Waals surface area contributed by atoms with Crippen LogP contribution in [0.5, 0.6) is 5.75 Å². The minimum absolute atomic E-state index is 0.00234. The molecule has 1 heterocycles. The van der Waals surface area contributed by atoms with E-state index in [2.05, 4.69) is 47.9 Å². The predicted octanol–water partition coefficient (Wildman–Crippen LogP) is 5.05. The monoisotopic (exact) mass is 376 g/mol. The Morgan fingerprint density at radius 1 is 1.25 bits per heavy atom. The van der Waals surface area contributed by atoms with Crippen molar-refractivity contribution in [1.29, 1.82) is 0 Å². The molecule has 2 aliphatic rings. The Bertz CT molecular complexity index is 905. The van der Waals surface area contributed by atoms with Gasteiger partial charge in [-0.25, -0.2) is 0 Å². The lowest BCUT2D eigenvalue weighted by Crippen LogP contribution is -2.33. The number of hydrogen-bond donors (Lipinski definition) is 2. The van der Waals surface area contributed by atoms with Crippen LogP contribution in [-0.4, -0.2) is 19.1 Å². The molecular formula is C24H28N2O2. The highest BCUT2D eigenvalue weighted by molar-refractivity contribution is 5.95. The van der Waals surface area contributed by atoms with Gasteiger partial charge in [0.2, 0.25) is 0 Å². The molecule has 1 aliphatic heterocycles. The van der Waals surface area contributed by atoms with Crippen LogP contribution in [0.3, 0.4) is 0 Å². The summed E-state index contributed by atoms with van der Waals surface area (Å²) in [5.74, 6) is 1.64. The number of hydrogen-bond acceptors (Lipinski definition) is 3. The third-order valence-corrected chi connectivity index (χ3v) is 6.09. The largest absolute Gasteiger partial charge is 0.496 e. The molecule has 0 saturated carbocycles. The molecule has 1 aliphatic carbocycles. The molecule has 0 spiro atoms. The van der Waals surface area contributed by atoms with Gasteiger partial charge in [0.1, 0.15) is 5.75 Å². The molecule has 0 fully saturated rings. The van der Waals surface area contributed by atoms with Gasteiger partial charge in [0.15, 0.2) is 0 Å². The van der Waals surface area contributed by atoms with Crippen molar-refractivity contribution in [2.45, 2.75) is 44.7 Å². The highest BCUT2D eigenvalue weighted by Crippen LogP contribution is 2.51. The summed E-state index contributed by atoms with van der Waals surface area (Å²) in [7, 11) is 1.72. The Labute approximate surface area is 167 Å². The summed E-state index contributed by atoms with van der Waals surface area (Å²) >= 11 is 0. The summed E-state index contributed by atoms with van der Waals surface area (Å²) in [6.45, 7) is 4.11. The predicted molar refractivity (Wildman–Crippen MR) is 113 cm³/mol. The molecule has 2 aromatic carbocycles. The Balaban J connectivity index is 1.68. The molecule has 0 radical (unpaired) electrons. The topological polar surface area (TPSA) is 50.4 Å². The average molecular weight is 377 g/mol. The number of allylic oxidation sites excluding steroid dienone is 2. The molecule has 4 rings (SSSR count). The van der Waals surface area contributed by atoms with Crippen LogP contribution in [-0.2, 0) is 0 Å². The number of methoxy groups -OCH3 is 1. The molecule has 2 aromatic rings. The Kier molecular flexibility index (Phi) is 5.12. The minimum atomic E-state index is 0.00234. The fourth-order valence-electron chi connectivity index (χ4n) is 4.38. The van der Waals surface area contributed by atoms with Crippen LogP contribution in [0.2, 0.25) is 0 Å². The van der Waals surface area contributed by atoms with Crippen molar-refractivity contribution in [3.05, 3.63) is 71.3 Å². The second-order valence-corrected chi connectivity index (χ2v) is 7.80. The molecule has 1 amide bonds. The Morgan fingerprint density at radius 3 is 2.86 bits per heavy atom. The molecule has 4 atom stereocenters. The summed E-state index contributed by atoms with van der Waals surface area (Å²) < 4.78 is 5.62. The maximum Gasteiger partial charge on any atom is 0.251 e. The van der Waals surface area contributed by atoms with Gasteiger partial charge in [-0.2, -0.15) is 0 Å².